The lowest BCUT2D eigenvalue weighted by Crippen LogP contribution is -2.46. The van der Waals surface area contributed by atoms with Gasteiger partial charge in [-0.05, 0) is 70.8 Å². The van der Waals surface area contributed by atoms with Crippen LogP contribution in [0.25, 0.3) is 0 Å². The molecule has 0 unspecified atom stereocenters. The van der Waals surface area contributed by atoms with E-state index in [1.54, 1.807) is 7.56 Å². The molecule has 6 nitrogen and oxygen atoms in total. The van der Waals surface area contributed by atoms with Crippen LogP contribution in [0.5, 0.6) is 0 Å². The average molecular weight is 372 g/mol. The van der Waals surface area contributed by atoms with Crippen LogP contribution in [0, 0.1) is 0 Å². The first-order valence-electron chi connectivity index (χ1n) is 7.09. The summed E-state index contributed by atoms with van der Waals surface area (Å²) in [7, 11) is -2.53. The lowest BCUT2D eigenvalue weighted by atomic mass is 10.3. The van der Waals surface area contributed by atoms with Gasteiger partial charge < -0.3 is 13.3 Å². The molecule has 124 valence electrons. The number of hydrogen-bond acceptors (Lipinski definition) is 6. The zero-order valence-electron chi connectivity index (χ0n) is 12.7. The van der Waals surface area contributed by atoms with Crippen molar-refractivity contribution in [3.63, 3.8) is 0 Å². The van der Waals surface area contributed by atoms with E-state index in [0.29, 0.717) is 19.8 Å². The van der Waals surface area contributed by atoms with Crippen molar-refractivity contribution in [2.45, 2.75) is 39.7 Å². The van der Waals surface area contributed by atoms with Crippen molar-refractivity contribution in [2.75, 3.05) is 19.8 Å². The first kappa shape index (κ1) is 19.2. The minimum absolute atomic E-state index is 0.614. The molecule has 10 heteroatoms. The third-order valence-corrected chi connectivity index (χ3v) is 7.15. The summed E-state index contributed by atoms with van der Waals surface area (Å²) < 4.78 is 20.7. The Kier molecular flexibility index (Phi) is 9.17. The van der Waals surface area contributed by atoms with Crippen LogP contribution in [0.3, 0.4) is 0 Å². The quantitative estimate of drug-likeness (QED) is 0.437. The van der Waals surface area contributed by atoms with Gasteiger partial charge in [0.05, 0.1) is 0 Å². The van der Waals surface area contributed by atoms with Crippen molar-refractivity contribution in [3.8, 4) is 0 Å². The molecule has 21 heavy (non-hydrogen) atoms. The first-order valence-corrected chi connectivity index (χ1v) is 10.6. The molecule has 0 amide bonds. The maximum atomic E-state index is 5.85. The number of rotatable bonds is 10. The Balaban J connectivity index is 2.63. The normalized spacial score (nSPS) is 11.9. The van der Waals surface area contributed by atoms with Crippen molar-refractivity contribution >= 4 is 46.0 Å². The molecular weight excluding hydrogens is 346 g/mol. The molecule has 0 saturated heterocycles. The molecule has 0 aliphatic carbocycles. The van der Waals surface area contributed by atoms with Crippen molar-refractivity contribution in [2.24, 2.45) is 0 Å². The van der Waals surface area contributed by atoms with Gasteiger partial charge in [0.25, 0.3) is 0 Å². The highest BCUT2D eigenvalue weighted by molar-refractivity contribution is 7.80. The van der Waals surface area contributed by atoms with Crippen molar-refractivity contribution in [1.82, 2.24) is 12.8 Å². The molecule has 1 N–H and O–H groups in total. The fourth-order valence-electron chi connectivity index (χ4n) is 2.00. The lowest BCUT2D eigenvalue weighted by Gasteiger charge is -2.28. The number of aromatic nitrogens is 3. The number of thiol groups is 2. The maximum absolute atomic E-state index is 5.85. The van der Waals surface area contributed by atoms with Gasteiger partial charge in [-0.1, -0.05) is 0 Å². The van der Waals surface area contributed by atoms with Gasteiger partial charge in [0.15, 0.2) is 0 Å². The predicted octanol–water partition coefficient (Wildman–Crippen LogP) is 3.17. The summed E-state index contributed by atoms with van der Waals surface area (Å²) in [5.74, 6) is 0. The molecule has 0 spiro atoms. The molecule has 1 rings (SSSR count). The smallest absolute Gasteiger partial charge is 0.374 e. The van der Waals surface area contributed by atoms with E-state index >= 15 is 0 Å². The van der Waals surface area contributed by atoms with Gasteiger partial charge in [0, 0.05) is 36.9 Å². The molecule has 0 radical (unpaired) electrons. The predicted molar refractivity (Wildman–Crippen MR) is 94.8 cm³/mol. The van der Waals surface area contributed by atoms with E-state index in [1.165, 1.54) is 16.4 Å². The third-order valence-electron chi connectivity index (χ3n) is 2.66. The Morgan fingerprint density at radius 2 is 1.71 bits per heavy atom. The van der Waals surface area contributed by atoms with Gasteiger partial charge in [-0.25, -0.2) is 9.30 Å². The van der Waals surface area contributed by atoms with Gasteiger partial charge in [-0.2, -0.15) is 3.48 Å². The Hall–Kier alpha value is 0.157. The highest BCUT2D eigenvalue weighted by atomic mass is 32.2. The number of nitrogens with zero attached hydrogens (tertiary/aromatic N) is 2. The Morgan fingerprint density at radius 3 is 2.19 bits per heavy atom. The minimum Gasteiger partial charge on any atom is -0.374 e. The molecule has 0 aliphatic heterocycles. The fraction of sp³-hybridized carbons (Fsp3) is 0.818. The summed E-state index contributed by atoms with van der Waals surface area (Å²) in [4.78, 5) is 1.17. The summed E-state index contributed by atoms with van der Waals surface area (Å²) in [5.41, 5.74) is 0. The van der Waals surface area contributed by atoms with Crippen LogP contribution >= 0.6 is 37.2 Å². The molecule has 1 heterocycles. The summed E-state index contributed by atoms with van der Waals surface area (Å²) in [6.07, 6.45) is 3.78. The maximum Gasteiger partial charge on any atom is 0.500 e. The summed E-state index contributed by atoms with van der Waals surface area (Å²) in [6, 6.07) is 0.812. The number of hydrogen-bond donors (Lipinski definition) is 3. The highest BCUT2D eigenvalue weighted by Gasteiger charge is 2.39. The van der Waals surface area contributed by atoms with Crippen LogP contribution < -0.4 is 0 Å². The van der Waals surface area contributed by atoms with Crippen molar-refractivity contribution in [1.29, 1.82) is 0 Å². The molecule has 1 aromatic heterocycles. The molecule has 0 bridgehead atoms. The van der Waals surface area contributed by atoms with E-state index in [4.69, 9.17) is 13.3 Å². The SMILES string of the molecule is CCO[Si](CCCc1cn(S)[nH]n(S)s1)(OCC)OCC. The van der Waals surface area contributed by atoms with E-state index < -0.39 is 8.80 Å². The van der Waals surface area contributed by atoms with Gasteiger partial charge in [-0.3, -0.25) is 0 Å². The third kappa shape index (κ3) is 6.85. The van der Waals surface area contributed by atoms with Crippen LogP contribution in [0.15, 0.2) is 6.20 Å². The van der Waals surface area contributed by atoms with E-state index in [0.717, 1.165) is 18.9 Å². The molecule has 0 fully saturated rings. The van der Waals surface area contributed by atoms with E-state index in [1.807, 2.05) is 27.0 Å². The first-order chi connectivity index (χ1) is 10.0. The molecule has 0 atom stereocenters. The monoisotopic (exact) mass is 371 g/mol. The van der Waals surface area contributed by atoms with Gasteiger partial charge in [0.2, 0.25) is 0 Å². The second-order valence-electron chi connectivity index (χ2n) is 4.24. The Morgan fingerprint density at radius 1 is 1.14 bits per heavy atom. The van der Waals surface area contributed by atoms with Crippen LogP contribution in [0.1, 0.15) is 32.1 Å². The van der Waals surface area contributed by atoms with Gasteiger partial charge >= 0.3 is 8.80 Å². The molecule has 0 aliphatic rings. The van der Waals surface area contributed by atoms with Crippen molar-refractivity contribution < 1.29 is 13.3 Å². The van der Waals surface area contributed by atoms with Crippen LogP contribution in [0.4, 0.5) is 0 Å². The average Bonchev–Trinajstić information content (AvgIpc) is 2.38. The Labute approximate surface area is 142 Å². The second-order valence-corrected chi connectivity index (χ2v) is 9.15. The summed E-state index contributed by atoms with van der Waals surface area (Å²) in [5, 5.41) is 2.89. The standard InChI is InChI=1S/C11H25N3O3S3Si/c1-4-15-21(16-5-2,17-6-3)9-7-8-11-10-13(18)12-14(19)20-11/h10,12,18-19H,4-9H2,1-3H3. The van der Waals surface area contributed by atoms with Crippen LogP contribution in [-0.2, 0) is 19.7 Å². The van der Waals surface area contributed by atoms with E-state index in [9.17, 15) is 0 Å². The van der Waals surface area contributed by atoms with Crippen LogP contribution in [0.2, 0.25) is 6.04 Å². The number of H-pyrrole nitrogens is 1. The number of aromatic amines is 1. The highest BCUT2D eigenvalue weighted by Crippen LogP contribution is 2.21. The topological polar surface area (TPSA) is 53.3 Å². The zero-order chi connectivity index (χ0) is 15.7. The summed E-state index contributed by atoms with van der Waals surface area (Å²) >= 11 is 10.0. The fourth-order valence-corrected chi connectivity index (χ4v) is 6.20. The van der Waals surface area contributed by atoms with Gasteiger partial charge in [-0.15, -0.1) is 0 Å². The largest absolute Gasteiger partial charge is 0.500 e. The zero-order valence-corrected chi connectivity index (χ0v) is 16.3. The van der Waals surface area contributed by atoms with Crippen molar-refractivity contribution in [3.05, 3.63) is 11.1 Å². The molecule has 0 aromatic carbocycles. The van der Waals surface area contributed by atoms with Gasteiger partial charge in [0.1, 0.15) is 0 Å². The molecule has 1 aromatic rings. The second kappa shape index (κ2) is 10.0. The van der Waals surface area contributed by atoms with E-state index in [-0.39, 0.29) is 0 Å². The summed E-state index contributed by atoms with van der Waals surface area (Å²) in [6.45, 7) is 7.76. The lowest BCUT2D eigenvalue weighted by molar-refractivity contribution is 0.0708. The Bertz CT molecular complexity index is 405. The minimum atomic E-state index is -2.53. The molecular formula is C11H25N3O3S3Si. The molecule has 0 saturated carbocycles. The number of nitrogens with one attached hydrogen (secondary N) is 1. The number of aryl methyl sites for hydroxylation is 1. The van der Waals surface area contributed by atoms with E-state index in [2.05, 4.69) is 30.8 Å². The van der Waals surface area contributed by atoms with Crippen LogP contribution in [-0.4, -0.2) is 41.4 Å².